The molecular weight excluding hydrogens is 398 g/mol. The van der Waals surface area contributed by atoms with Gasteiger partial charge in [0.05, 0.1) is 17.0 Å². The molecule has 0 bridgehead atoms. The van der Waals surface area contributed by atoms with Gasteiger partial charge < -0.3 is 10.8 Å². The number of benzene rings is 2. The highest BCUT2D eigenvalue weighted by Gasteiger charge is 2.34. The third-order valence-corrected chi connectivity index (χ3v) is 5.90. The number of imidazole rings is 1. The Kier molecular flexibility index (Phi) is 5.10. The number of carboxylic acid groups (broad SMARTS) is 1. The van der Waals surface area contributed by atoms with Crippen molar-refractivity contribution in [3.05, 3.63) is 84.1 Å². The SMILES string of the molecule is Cl.NC1(c2ccc(-c3nc4cc(C(=O)O)ccn4c3-c3ccccc3)cc2)CCC1. The third kappa shape index (κ3) is 3.26. The van der Waals surface area contributed by atoms with Gasteiger partial charge in [-0.05, 0) is 37.0 Å². The lowest BCUT2D eigenvalue weighted by Crippen LogP contribution is -2.43. The normalized spacial score (nSPS) is 14.7. The van der Waals surface area contributed by atoms with Crippen molar-refractivity contribution in [2.75, 3.05) is 0 Å². The van der Waals surface area contributed by atoms with E-state index in [-0.39, 0.29) is 23.5 Å². The molecule has 0 radical (unpaired) electrons. The van der Waals surface area contributed by atoms with E-state index in [0.29, 0.717) is 5.65 Å². The second-order valence-electron chi connectivity index (χ2n) is 7.71. The van der Waals surface area contributed by atoms with Crippen LogP contribution in [0.4, 0.5) is 0 Å². The molecule has 152 valence electrons. The lowest BCUT2D eigenvalue weighted by molar-refractivity contribution is 0.0697. The van der Waals surface area contributed by atoms with E-state index in [4.69, 9.17) is 10.7 Å². The van der Waals surface area contributed by atoms with E-state index in [1.54, 1.807) is 18.3 Å². The second-order valence-corrected chi connectivity index (χ2v) is 7.71. The minimum Gasteiger partial charge on any atom is -0.478 e. The molecule has 1 fully saturated rings. The molecule has 2 aromatic heterocycles. The number of hydrogen-bond donors (Lipinski definition) is 2. The van der Waals surface area contributed by atoms with E-state index in [1.165, 1.54) is 6.42 Å². The summed E-state index contributed by atoms with van der Waals surface area (Å²) in [6.45, 7) is 0. The smallest absolute Gasteiger partial charge is 0.335 e. The van der Waals surface area contributed by atoms with Gasteiger partial charge in [-0.3, -0.25) is 4.40 Å². The Balaban J connectivity index is 0.00000218. The summed E-state index contributed by atoms with van der Waals surface area (Å²) in [5, 5.41) is 9.34. The van der Waals surface area contributed by atoms with Crippen LogP contribution in [-0.4, -0.2) is 20.5 Å². The molecule has 1 aliphatic carbocycles. The predicted molar refractivity (Wildman–Crippen MR) is 120 cm³/mol. The molecule has 1 saturated carbocycles. The van der Waals surface area contributed by atoms with Crippen LogP contribution in [0.2, 0.25) is 0 Å². The van der Waals surface area contributed by atoms with E-state index in [2.05, 4.69) is 24.3 Å². The Morgan fingerprint density at radius 2 is 1.70 bits per heavy atom. The topological polar surface area (TPSA) is 80.6 Å². The van der Waals surface area contributed by atoms with Crippen molar-refractivity contribution in [3.8, 4) is 22.5 Å². The second kappa shape index (κ2) is 7.59. The highest BCUT2D eigenvalue weighted by atomic mass is 35.5. The van der Waals surface area contributed by atoms with Crippen LogP contribution in [0.5, 0.6) is 0 Å². The number of carboxylic acids is 1. The van der Waals surface area contributed by atoms with Gasteiger partial charge >= 0.3 is 5.97 Å². The fourth-order valence-corrected chi connectivity index (χ4v) is 4.06. The average molecular weight is 420 g/mol. The van der Waals surface area contributed by atoms with Crippen molar-refractivity contribution >= 4 is 24.0 Å². The summed E-state index contributed by atoms with van der Waals surface area (Å²) in [5.41, 5.74) is 12.0. The van der Waals surface area contributed by atoms with Crippen LogP contribution in [0.1, 0.15) is 35.2 Å². The Hall–Kier alpha value is -3.15. The molecule has 6 heteroatoms. The summed E-state index contributed by atoms with van der Waals surface area (Å²) < 4.78 is 1.95. The van der Waals surface area contributed by atoms with Gasteiger partial charge in [0.2, 0.25) is 0 Å². The number of rotatable bonds is 4. The lowest BCUT2D eigenvalue weighted by Gasteiger charge is -2.38. The van der Waals surface area contributed by atoms with Crippen LogP contribution in [-0.2, 0) is 5.54 Å². The van der Waals surface area contributed by atoms with E-state index >= 15 is 0 Å². The van der Waals surface area contributed by atoms with Gasteiger partial charge in [0.1, 0.15) is 5.65 Å². The first kappa shape index (κ1) is 20.1. The minimum absolute atomic E-state index is 0. The molecule has 0 saturated heterocycles. The van der Waals surface area contributed by atoms with Crippen LogP contribution < -0.4 is 5.73 Å². The van der Waals surface area contributed by atoms with E-state index in [0.717, 1.165) is 40.9 Å². The molecule has 0 spiro atoms. The van der Waals surface area contributed by atoms with E-state index < -0.39 is 5.97 Å². The summed E-state index contributed by atoms with van der Waals surface area (Å²) >= 11 is 0. The number of carbonyl (C=O) groups is 1. The van der Waals surface area contributed by atoms with Gasteiger partial charge in [0.25, 0.3) is 0 Å². The fraction of sp³-hybridized carbons (Fsp3) is 0.167. The summed E-state index contributed by atoms with van der Waals surface area (Å²) in [4.78, 5) is 16.2. The quantitative estimate of drug-likeness (QED) is 0.480. The molecule has 0 aliphatic heterocycles. The Morgan fingerprint density at radius 3 is 2.30 bits per heavy atom. The number of aromatic carboxylic acids is 1. The van der Waals surface area contributed by atoms with Gasteiger partial charge in [0, 0.05) is 22.9 Å². The number of fused-ring (bicyclic) bond motifs is 1. The molecule has 0 unspecified atom stereocenters. The zero-order valence-electron chi connectivity index (χ0n) is 16.3. The standard InChI is InChI=1S/C24H21N3O2.ClH/c25-24(12-4-13-24)19-9-7-16(8-10-19)21-22(17-5-2-1-3-6-17)27-14-11-18(23(28)29)15-20(27)26-21;/h1-3,5-11,14-15H,4,12-13,25H2,(H,28,29);1H. The number of nitrogens with two attached hydrogens (primary N) is 1. The molecule has 0 amide bonds. The van der Waals surface area contributed by atoms with Gasteiger partial charge in [-0.1, -0.05) is 54.6 Å². The van der Waals surface area contributed by atoms with Crippen LogP contribution in [0.3, 0.4) is 0 Å². The zero-order valence-corrected chi connectivity index (χ0v) is 17.1. The Morgan fingerprint density at radius 1 is 1.00 bits per heavy atom. The van der Waals surface area contributed by atoms with Gasteiger partial charge in [-0.15, -0.1) is 12.4 Å². The Labute approximate surface area is 180 Å². The van der Waals surface area contributed by atoms with Crippen molar-refractivity contribution in [2.45, 2.75) is 24.8 Å². The first-order chi connectivity index (χ1) is 14.0. The molecule has 5 nitrogen and oxygen atoms in total. The van der Waals surface area contributed by atoms with Gasteiger partial charge in [-0.25, -0.2) is 9.78 Å². The van der Waals surface area contributed by atoms with Crippen LogP contribution in [0.25, 0.3) is 28.2 Å². The minimum atomic E-state index is -0.962. The van der Waals surface area contributed by atoms with Crippen LogP contribution in [0.15, 0.2) is 72.9 Å². The molecular formula is C24H22ClN3O2. The molecule has 3 N–H and O–H groups in total. The van der Waals surface area contributed by atoms with E-state index in [1.807, 2.05) is 34.7 Å². The maximum Gasteiger partial charge on any atom is 0.335 e. The Bertz CT molecular complexity index is 1210. The van der Waals surface area contributed by atoms with Crippen LogP contribution >= 0.6 is 12.4 Å². The largest absolute Gasteiger partial charge is 0.478 e. The fourth-order valence-electron chi connectivity index (χ4n) is 4.06. The van der Waals surface area contributed by atoms with Crippen LogP contribution in [0, 0.1) is 0 Å². The molecule has 1 aliphatic rings. The zero-order chi connectivity index (χ0) is 20.0. The first-order valence-corrected chi connectivity index (χ1v) is 9.76. The van der Waals surface area contributed by atoms with Gasteiger partial charge in [-0.2, -0.15) is 0 Å². The first-order valence-electron chi connectivity index (χ1n) is 9.76. The third-order valence-electron chi connectivity index (χ3n) is 5.90. The van der Waals surface area contributed by atoms with E-state index in [9.17, 15) is 9.90 Å². The summed E-state index contributed by atoms with van der Waals surface area (Å²) in [5.74, 6) is -0.962. The average Bonchev–Trinajstić information content (AvgIpc) is 3.11. The highest BCUT2D eigenvalue weighted by Crippen LogP contribution is 2.40. The molecule has 5 rings (SSSR count). The predicted octanol–water partition coefficient (Wildman–Crippen LogP) is 5.13. The monoisotopic (exact) mass is 419 g/mol. The summed E-state index contributed by atoms with van der Waals surface area (Å²) in [7, 11) is 0. The number of nitrogens with zero attached hydrogens (tertiary/aromatic N) is 2. The molecule has 4 aromatic rings. The van der Waals surface area contributed by atoms with Crippen molar-refractivity contribution in [2.24, 2.45) is 5.73 Å². The number of pyridine rings is 1. The maximum absolute atomic E-state index is 11.4. The maximum atomic E-state index is 11.4. The van der Waals surface area contributed by atoms with Crippen molar-refractivity contribution in [1.82, 2.24) is 9.38 Å². The number of aromatic nitrogens is 2. The van der Waals surface area contributed by atoms with Crippen molar-refractivity contribution in [3.63, 3.8) is 0 Å². The summed E-state index contributed by atoms with van der Waals surface area (Å²) in [6.07, 6.45) is 4.99. The molecule has 2 heterocycles. The lowest BCUT2D eigenvalue weighted by atomic mass is 9.72. The number of halogens is 1. The number of hydrogen-bond acceptors (Lipinski definition) is 3. The molecule has 0 atom stereocenters. The van der Waals surface area contributed by atoms with Crippen molar-refractivity contribution < 1.29 is 9.90 Å². The molecule has 2 aromatic carbocycles. The summed E-state index contributed by atoms with van der Waals surface area (Å²) in [6, 6.07) is 21.6. The van der Waals surface area contributed by atoms with Crippen molar-refractivity contribution in [1.29, 1.82) is 0 Å². The highest BCUT2D eigenvalue weighted by molar-refractivity contribution is 5.90. The molecule has 30 heavy (non-hydrogen) atoms. The van der Waals surface area contributed by atoms with Gasteiger partial charge in [0.15, 0.2) is 0 Å².